The van der Waals surface area contributed by atoms with Crippen LogP contribution in [0.5, 0.6) is 11.5 Å². The zero-order chi connectivity index (χ0) is 38.6. The summed E-state index contributed by atoms with van der Waals surface area (Å²) in [5, 5.41) is 11.7. The normalized spacial score (nSPS) is 11.2. The monoisotopic (exact) mass is 757 g/mol. The fraction of sp³-hybridized carbons (Fsp3) is 0.184. The van der Waals surface area contributed by atoms with Gasteiger partial charge >= 0.3 is 18.3 Å². The number of carbonyl (C=O) groups excluding carboxylic acids is 2. The zero-order valence-electron chi connectivity index (χ0n) is 27.8. The lowest BCUT2D eigenvalue weighted by Gasteiger charge is -2.25. The topological polar surface area (TPSA) is 122 Å². The van der Waals surface area contributed by atoms with Crippen LogP contribution in [0.2, 0.25) is 0 Å². The first-order chi connectivity index (χ1) is 25.2. The Morgan fingerprint density at radius 3 is 2.11 bits per heavy atom. The van der Waals surface area contributed by atoms with Crippen LogP contribution in [0.25, 0.3) is 10.4 Å². The molecule has 0 aliphatic carbocycles. The number of rotatable bonds is 12. The maximum Gasteiger partial charge on any atom is 0.490 e. The molecule has 2 amide bonds. The van der Waals surface area contributed by atoms with Crippen molar-refractivity contribution in [3.05, 3.63) is 137 Å². The summed E-state index contributed by atoms with van der Waals surface area (Å²) in [7, 11) is 0. The molecule has 1 heterocycles. The molecule has 15 heteroatoms. The quantitative estimate of drug-likeness (QED) is 0.109. The third-order valence-electron chi connectivity index (χ3n) is 7.53. The van der Waals surface area contributed by atoms with Gasteiger partial charge in [-0.25, -0.2) is 4.79 Å². The minimum atomic E-state index is -5.08. The van der Waals surface area contributed by atoms with Crippen LogP contribution in [0.3, 0.4) is 0 Å². The standard InChI is InChI=1S/C36H32F3N3O3S.C2HF3O2/c37-36(38,39)30-10-2-1-8-28(30)23-41-34(43)18-19-35(44)42(24-25-14-16-27(17-15-25)33-13-6-20-46-33)31-11-3-4-12-32(31)45-29-9-5-7-26(21-29)22-40;3-2(4,5)1(6)7/h1-17,20-21H,18-19,22-24,40H2,(H,41,43);(H,6,7). The number of hydrogen-bond acceptors (Lipinski definition) is 6. The maximum atomic E-state index is 13.8. The van der Waals surface area contributed by atoms with E-state index in [1.54, 1.807) is 46.6 Å². The summed E-state index contributed by atoms with van der Waals surface area (Å²) >= 11 is 1.63. The van der Waals surface area contributed by atoms with Crippen molar-refractivity contribution in [2.24, 2.45) is 5.73 Å². The predicted octanol–water partition coefficient (Wildman–Crippen LogP) is 8.95. The number of anilines is 1. The highest BCUT2D eigenvalue weighted by molar-refractivity contribution is 7.13. The van der Waals surface area contributed by atoms with Crippen molar-refractivity contribution in [2.75, 3.05) is 4.90 Å². The van der Waals surface area contributed by atoms with Gasteiger partial charge < -0.3 is 25.8 Å². The molecular weight excluding hydrogens is 724 g/mol. The van der Waals surface area contributed by atoms with E-state index in [1.165, 1.54) is 18.2 Å². The summed E-state index contributed by atoms with van der Waals surface area (Å²) in [4.78, 5) is 38.1. The number of carbonyl (C=O) groups is 3. The first kappa shape index (κ1) is 40.1. The summed E-state index contributed by atoms with van der Waals surface area (Å²) in [5.41, 5.74) is 8.26. The number of nitrogens with zero attached hydrogens (tertiary/aromatic N) is 1. The second-order valence-corrected chi connectivity index (χ2v) is 12.3. The van der Waals surface area contributed by atoms with Crippen LogP contribution in [-0.2, 0) is 40.2 Å². The van der Waals surface area contributed by atoms with Crippen LogP contribution in [0.1, 0.15) is 35.1 Å². The summed E-state index contributed by atoms with van der Waals surface area (Å²) in [5.74, 6) is -2.64. The lowest BCUT2D eigenvalue weighted by atomic mass is 10.1. The smallest absolute Gasteiger partial charge is 0.475 e. The van der Waals surface area contributed by atoms with E-state index in [9.17, 15) is 35.9 Å². The minimum absolute atomic E-state index is 0.0490. The highest BCUT2D eigenvalue weighted by Gasteiger charge is 2.38. The highest BCUT2D eigenvalue weighted by Crippen LogP contribution is 2.35. The summed E-state index contributed by atoms with van der Waals surface area (Å²) in [6, 6.07) is 31.5. The number of alkyl halides is 6. The van der Waals surface area contributed by atoms with Crippen molar-refractivity contribution >= 4 is 34.8 Å². The molecule has 278 valence electrons. The van der Waals surface area contributed by atoms with Crippen molar-refractivity contribution < 1.29 is 50.6 Å². The third-order valence-corrected chi connectivity index (χ3v) is 8.45. The van der Waals surface area contributed by atoms with Crippen LogP contribution in [0.4, 0.5) is 32.0 Å². The number of hydrogen-bond donors (Lipinski definition) is 3. The number of amides is 2. The Hall–Kier alpha value is -5.67. The van der Waals surface area contributed by atoms with Gasteiger partial charge in [-0.15, -0.1) is 11.3 Å². The van der Waals surface area contributed by atoms with Crippen molar-refractivity contribution in [2.45, 2.75) is 44.8 Å². The third kappa shape index (κ3) is 11.9. The van der Waals surface area contributed by atoms with Gasteiger partial charge in [0.2, 0.25) is 11.8 Å². The summed E-state index contributed by atoms with van der Waals surface area (Å²) in [6.45, 7) is 0.240. The van der Waals surface area contributed by atoms with Crippen LogP contribution in [-0.4, -0.2) is 29.1 Å². The Balaban J connectivity index is 0.000000815. The molecular formula is C38H33F6N3O5S. The van der Waals surface area contributed by atoms with E-state index in [0.29, 0.717) is 23.7 Å². The van der Waals surface area contributed by atoms with Gasteiger partial charge in [0.15, 0.2) is 5.75 Å². The summed E-state index contributed by atoms with van der Waals surface area (Å²) < 4.78 is 78.1. The molecule has 4 N–H and O–H groups in total. The fourth-order valence-electron chi connectivity index (χ4n) is 4.93. The lowest BCUT2D eigenvalue weighted by Crippen LogP contribution is -2.32. The van der Waals surface area contributed by atoms with E-state index < -0.39 is 29.8 Å². The molecule has 0 saturated carbocycles. The first-order valence-electron chi connectivity index (χ1n) is 15.9. The molecule has 0 atom stereocenters. The molecule has 8 nitrogen and oxygen atoms in total. The van der Waals surface area contributed by atoms with Crippen LogP contribution in [0, 0.1) is 0 Å². The molecule has 0 saturated heterocycles. The second kappa shape index (κ2) is 18.2. The molecule has 0 bridgehead atoms. The largest absolute Gasteiger partial charge is 0.490 e. The Morgan fingerprint density at radius 2 is 1.47 bits per heavy atom. The minimum Gasteiger partial charge on any atom is -0.475 e. The lowest BCUT2D eigenvalue weighted by molar-refractivity contribution is -0.192. The number of carboxylic acids is 1. The van der Waals surface area contributed by atoms with E-state index >= 15 is 0 Å². The number of carboxylic acid groups (broad SMARTS) is 1. The molecule has 5 aromatic rings. The molecule has 53 heavy (non-hydrogen) atoms. The second-order valence-electron chi connectivity index (χ2n) is 11.3. The van der Waals surface area contributed by atoms with E-state index in [2.05, 4.69) is 5.32 Å². The van der Waals surface area contributed by atoms with E-state index in [1.807, 2.05) is 60.0 Å². The molecule has 0 spiro atoms. The molecule has 1 aromatic heterocycles. The average Bonchev–Trinajstić information content (AvgIpc) is 3.68. The molecule has 4 aromatic carbocycles. The number of benzene rings is 4. The molecule has 0 unspecified atom stereocenters. The zero-order valence-corrected chi connectivity index (χ0v) is 28.6. The number of ether oxygens (including phenoxy) is 1. The van der Waals surface area contributed by atoms with Crippen molar-refractivity contribution in [3.63, 3.8) is 0 Å². The van der Waals surface area contributed by atoms with Crippen LogP contribution >= 0.6 is 11.3 Å². The SMILES string of the molecule is NCc1cccc(Oc2ccccc2N(Cc2ccc(-c3cccs3)cc2)C(=O)CCC(=O)NCc2ccccc2C(F)(F)F)c1.O=C(O)C(F)(F)F. The van der Waals surface area contributed by atoms with Gasteiger partial charge in [0.1, 0.15) is 5.75 Å². The first-order valence-corrected chi connectivity index (χ1v) is 16.7. The molecule has 0 aliphatic rings. The van der Waals surface area contributed by atoms with Crippen LogP contribution in [0.15, 0.2) is 115 Å². The Kier molecular flexibility index (Phi) is 13.8. The van der Waals surface area contributed by atoms with Gasteiger partial charge in [0, 0.05) is 30.8 Å². The number of halogens is 6. The molecule has 5 rings (SSSR count). The van der Waals surface area contributed by atoms with Gasteiger partial charge in [-0.2, -0.15) is 26.3 Å². The van der Waals surface area contributed by atoms with Gasteiger partial charge in [-0.1, -0.05) is 72.8 Å². The van der Waals surface area contributed by atoms with E-state index in [4.69, 9.17) is 20.4 Å². The average molecular weight is 758 g/mol. The van der Waals surface area contributed by atoms with Crippen LogP contribution < -0.4 is 20.7 Å². The van der Waals surface area contributed by atoms with Gasteiger partial charge in [0.05, 0.1) is 17.8 Å². The van der Waals surface area contributed by atoms with Gasteiger partial charge in [-0.05, 0) is 64.0 Å². The Bertz CT molecular complexity index is 1980. The maximum absolute atomic E-state index is 13.8. The summed E-state index contributed by atoms with van der Waals surface area (Å²) in [6.07, 6.45) is -10.00. The van der Waals surface area contributed by atoms with Gasteiger partial charge in [-0.3, -0.25) is 9.59 Å². The molecule has 0 aliphatic heterocycles. The number of para-hydroxylation sites is 2. The Labute approximate surface area is 304 Å². The number of aliphatic carboxylic acids is 1. The highest BCUT2D eigenvalue weighted by atomic mass is 32.1. The molecule has 0 fully saturated rings. The fourth-order valence-corrected chi connectivity index (χ4v) is 5.66. The predicted molar refractivity (Wildman–Crippen MR) is 188 cm³/mol. The van der Waals surface area contributed by atoms with Gasteiger partial charge in [0.25, 0.3) is 0 Å². The number of nitrogens with one attached hydrogen (secondary N) is 1. The molecule has 0 radical (unpaired) electrons. The van der Waals surface area contributed by atoms with Crippen molar-refractivity contribution in [3.8, 4) is 21.9 Å². The van der Waals surface area contributed by atoms with Crippen molar-refractivity contribution in [1.29, 1.82) is 0 Å². The van der Waals surface area contributed by atoms with E-state index in [-0.39, 0.29) is 37.4 Å². The van der Waals surface area contributed by atoms with Crippen molar-refractivity contribution in [1.82, 2.24) is 5.32 Å². The van der Waals surface area contributed by atoms with E-state index in [0.717, 1.165) is 27.6 Å². The number of thiophene rings is 1. The number of nitrogens with two attached hydrogens (primary N) is 1. The Morgan fingerprint density at radius 1 is 0.792 bits per heavy atom.